The Kier molecular flexibility index (Phi) is 4.15. The van der Waals surface area contributed by atoms with Gasteiger partial charge in [0.15, 0.2) is 0 Å². The van der Waals surface area contributed by atoms with Crippen molar-refractivity contribution in [3.05, 3.63) is 0 Å². The van der Waals surface area contributed by atoms with Crippen LogP contribution in [0.4, 0.5) is 0 Å². The van der Waals surface area contributed by atoms with Crippen molar-refractivity contribution in [2.24, 2.45) is 11.1 Å². The van der Waals surface area contributed by atoms with Gasteiger partial charge in [-0.25, -0.2) is 0 Å². The first-order valence-corrected chi connectivity index (χ1v) is 6.10. The Labute approximate surface area is 93.4 Å². The Morgan fingerprint density at radius 1 is 1.53 bits per heavy atom. The van der Waals surface area contributed by atoms with Crippen LogP contribution in [0.3, 0.4) is 0 Å². The summed E-state index contributed by atoms with van der Waals surface area (Å²) in [6, 6.07) is 0.390. The molecule has 3 nitrogen and oxygen atoms in total. The van der Waals surface area contributed by atoms with Crippen molar-refractivity contribution < 1.29 is 5.11 Å². The standard InChI is InChI=1S/C12H26N2O/c1-4-10(5-8-15)14-12(3,9-13)11(2)6-7-11/h10,14-15H,4-9,13H2,1-3H3. The van der Waals surface area contributed by atoms with Gasteiger partial charge < -0.3 is 16.2 Å². The van der Waals surface area contributed by atoms with E-state index in [0.29, 0.717) is 18.0 Å². The second kappa shape index (κ2) is 4.81. The topological polar surface area (TPSA) is 58.3 Å². The van der Waals surface area contributed by atoms with Crippen molar-refractivity contribution in [2.75, 3.05) is 13.2 Å². The average Bonchev–Trinajstić information content (AvgIpc) is 2.97. The summed E-state index contributed by atoms with van der Waals surface area (Å²) >= 11 is 0. The summed E-state index contributed by atoms with van der Waals surface area (Å²) in [5, 5.41) is 12.6. The van der Waals surface area contributed by atoms with Crippen molar-refractivity contribution in [3.63, 3.8) is 0 Å². The maximum atomic E-state index is 8.98. The van der Waals surface area contributed by atoms with Gasteiger partial charge in [-0.05, 0) is 38.0 Å². The summed E-state index contributed by atoms with van der Waals surface area (Å²) in [6.45, 7) is 7.60. The predicted molar refractivity (Wildman–Crippen MR) is 63.7 cm³/mol. The number of nitrogens with two attached hydrogens (primary N) is 1. The molecule has 1 fully saturated rings. The number of hydrogen-bond acceptors (Lipinski definition) is 3. The molecule has 1 aliphatic carbocycles. The fourth-order valence-electron chi connectivity index (χ4n) is 2.20. The van der Waals surface area contributed by atoms with Crippen LogP contribution in [0.25, 0.3) is 0 Å². The van der Waals surface area contributed by atoms with Gasteiger partial charge in [0, 0.05) is 24.7 Å². The predicted octanol–water partition coefficient (Wildman–Crippen LogP) is 1.25. The molecule has 1 saturated carbocycles. The highest BCUT2D eigenvalue weighted by Gasteiger charge is 2.52. The van der Waals surface area contributed by atoms with Crippen LogP contribution in [0.2, 0.25) is 0 Å². The second-order valence-corrected chi connectivity index (χ2v) is 5.36. The molecule has 2 atom stereocenters. The van der Waals surface area contributed by atoms with E-state index in [-0.39, 0.29) is 12.1 Å². The SMILES string of the molecule is CCC(CCO)NC(C)(CN)C1(C)CC1. The van der Waals surface area contributed by atoms with Gasteiger partial charge in [0.05, 0.1) is 0 Å². The van der Waals surface area contributed by atoms with Crippen molar-refractivity contribution >= 4 is 0 Å². The maximum absolute atomic E-state index is 8.98. The largest absolute Gasteiger partial charge is 0.396 e. The third-order valence-corrected chi connectivity index (χ3v) is 4.23. The van der Waals surface area contributed by atoms with E-state index in [2.05, 4.69) is 26.1 Å². The number of aliphatic hydroxyl groups excluding tert-OH is 1. The third kappa shape index (κ3) is 2.71. The van der Waals surface area contributed by atoms with Gasteiger partial charge in [0.25, 0.3) is 0 Å². The molecule has 1 rings (SSSR count). The lowest BCUT2D eigenvalue weighted by molar-refractivity contribution is 0.181. The molecule has 0 aromatic carbocycles. The summed E-state index contributed by atoms with van der Waals surface area (Å²) in [5.74, 6) is 0. The smallest absolute Gasteiger partial charge is 0.0445 e. The molecular formula is C12H26N2O. The van der Waals surface area contributed by atoms with Crippen LogP contribution in [0.15, 0.2) is 0 Å². The first kappa shape index (κ1) is 12.9. The van der Waals surface area contributed by atoms with Crippen LogP contribution < -0.4 is 11.1 Å². The molecule has 4 N–H and O–H groups in total. The molecule has 0 radical (unpaired) electrons. The fraction of sp³-hybridized carbons (Fsp3) is 1.00. The molecule has 2 unspecified atom stereocenters. The molecule has 0 amide bonds. The molecule has 0 spiro atoms. The van der Waals surface area contributed by atoms with E-state index in [0.717, 1.165) is 12.8 Å². The second-order valence-electron chi connectivity index (χ2n) is 5.36. The molecule has 0 aromatic heterocycles. The van der Waals surface area contributed by atoms with Crippen LogP contribution in [0.5, 0.6) is 0 Å². The fourth-order valence-corrected chi connectivity index (χ4v) is 2.20. The minimum absolute atomic E-state index is 0.0306. The van der Waals surface area contributed by atoms with Gasteiger partial charge in [-0.2, -0.15) is 0 Å². The van der Waals surface area contributed by atoms with Crippen LogP contribution in [0.1, 0.15) is 46.5 Å². The Balaban J connectivity index is 2.58. The molecule has 0 saturated heterocycles. The first-order valence-electron chi connectivity index (χ1n) is 6.10. The molecule has 0 heterocycles. The highest BCUT2D eigenvalue weighted by Crippen LogP contribution is 2.53. The Morgan fingerprint density at radius 3 is 2.47 bits per heavy atom. The van der Waals surface area contributed by atoms with E-state index in [4.69, 9.17) is 10.8 Å². The first-order chi connectivity index (χ1) is 7.01. The zero-order valence-corrected chi connectivity index (χ0v) is 10.3. The summed E-state index contributed by atoms with van der Waals surface area (Å²) in [7, 11) is 0. The van der Waals surface area contributed by atoms with Gasteiger partial charge in [0.2, 0.25) is 0 Å². The number of aliphatic hydroxyl groups is 1. The lowest BCUT2D eigenvalue weighted by Gasteiger charge is -2.39. The summed E-state index contributed by atoms with van der Waals surface area (Å²) in [5.41, 5.74) is 6.30. The molecule has 15 heavy (non-hydrogen) atoms. The zero-order chi connectivity index (χ0) is 11.5. The molecule has 3 heteroatoms. The van der Waals surface area contributed by atoms with Gasteiger partial charge in [-0.1, -0.05) is 13.8 Å². The molecule has 0 aliphatic heterocycles. The van der Waals surface area contributed by atoms with Crippen molar-refractivity contribution in [1.29, 1.82) is 0 Å². The third-order valence-electron chi connectivity index (χ3n) is 4.23. The lowest BCUT2D eigenvalue weighted by Crippen LogP contribution is -2.58. The molecular weight excluding hydrogens is 188 g/mol. The van der Waals surface area contributed by atoms with Gasteiger partial charge in [-0.15, -0.1) is 0 Å². The van der Waals surface area contributed by atoms with Gasteiger partial charge in [-0.3, -0.25) is 0 Å². The monoisotopic (exact) mass is 214 g/mol. The number of rotatable bonds is 7. The minimum Gasteiger partial charge on any atom is -0.396 e. The van der Waals surface area contributed by atoms with Crippen molar-refractivity contribution in [1.82, 2.24) is 5.32 Å². The summed E-state index contributed by atoms with van der Waals surface area (Å²) in [6.07, 6.45) is 4.40. The Morgan fingerprint density at radius 2 is 2.13 bits per heavy atom. The van der Waals surface area contributed by atoms with Crippen molar-refractivity contribution in [2.45, 2.75) is 58.0 Å². The van der Waals surface area contributed by atoms with Crippen LogP contribution in [0, 0.1) is 5.41 Å². The van der Waals surface area contributed by atoms with Crippen LogP contribution in [-0.4, -0.2) is 29.8 Å². The van der Waals surface area contributed by atoms with Crippen LogP contribution >= 0.6 is 0 Å². The van der Waals surface area contributed by atoms with Crippen LogP contribution in [-0.2, 0) is 0 Å². The quantitative estimate of drug-likeness (QED) is 0.598. The minimum atomic E-state index is 0.0306. The Bertz CT molecular complexity index is 204. The van der Waals surface area contributed by atoms with E-state index >= 15 is 0 Å². The van der Waals surface area contributed by atoms with E-state index in [1.807, 2.05) is 0 Å². The van der Waals surface area contributed by atoms with E-state index in [1.165, 1.54) is 12.8 Å². The summed E-state index contributed by atoms with van der Waals surface area (Å²) in [4.78, 5) is 0. The maximum Gasteiger partial charge on any atom is 0.0445 e. The van der Waals surface area contributed by atoms with Crippen molar-refractivity contribution in [3.8, 4) is 0 Å². The van der Waals surface area contributed by atoms with E-state index in [9.17, 15) is 0 Å². The summed E-state index contributed by atoms with van der Waals surface area (Å²) < 4.78 is 0. The number of nitrogens with one attached hydrogen (secondary N) is 1. The Hall–Kier alpha value is -0.120. The lowest BCUT2D eigenvalue weighted by atomic mass is 9.82. The normalized spacial score (nSPS) is 24.6. The van der Waals surface area contributed by atoms with Gasteiger partial charge in [0.1, 0.15) is 0 Å². The molecule has 1 aliphatic rings. The van der Waals surface area contributed by atoms with Gasteiger partial charge >= 0.3 is 0 Å². The highest BCUT2D eigenvalue weighted by molar-refractivity contribution is 5.09. The highest BCUT2D eigenvalue weighted by atomic mass is 16.3. The zero-order valence-electron chi connectivity index (χ0n) is 10.3. The molecule has 0 bridgehead atoms. The number of hydrogen-bond donors (Lipinski definition) is 3. The average molecular weight is 214 g/mol. The molecule has 90 valence electrons. The van der Waals surface area contributed by atoms with E-state index < -0.39 is 0 Å². The molecule has 0 aromatic rings. The van der Waals surface area contributed by atoms with E-state index in [1.54, 1.807) is 0 Å².